The normalized spacial score (nSPS) is 20.0. The van der Waals surface area contributed by atoms with Gasteiger partial charge in [-0.25, -0.2) is 4.79 Å². The molecule has 6 nitrogen and oxygen atoms in total. The summed E-state index contributed by atoms with van der Waals surface area (Å²) in [7, 11) is 0. The van der Waals surface area contributed by atoms with Crippen LogP contribution in [0.5, 0.6) is 0 Å². The van der Waals surface area contributed by atoms with Gasteiger partial charge in [-0.05, 0) is 36.4 Å². The van der Waals surface area contributed by atoms with Gasteiger partial charge in [0.2, 0.25) is 5.91 Å². The van der Waals surface area contributed by atoms with Crippen molar-refractivity contribution in [1.82, 2.24) is 15.1 Å². The minimum atomic E-state index is -0.0847. The second kappa shape index (κ2) is 7.66. The van der Waals surface area contributed by atoms with E-state index < -0.39 is 0 Å². The van der Waals surface area contributed by atoms with Gasteiger partial charge < -0.3 is 20.9 Å². The summed E-state index contributed by atoms with van der Waals surface area (Å²) >= 11 is 0. The largest absolute Gasteiger partial charge is 0.342 e. The van der Waals surface area contributed by atoms with E-state index in [1.165, 1.54) is 11.1 Å². The first-order valence-electron chi connectivity index (χ1n) is 8.74. The number of rotatable bonds is 4. The van der Waals surface area contributed by atoms with Crippen molar-refractivity contribution in [2.24, 2.45) is 11.7 Å². The van der Waals surface area contributed by atoms with E-state index in [9.17, 15) is 9.59 Å². The van der Waals surface area contributed by atoms with Gasteiger partial charge in [-0.3, -0.25) is 4.79 Å². The fraction of sp³-hybridized carbons (Fsp3) is 0.556. The highest BCUT2D eigenvalue weighted by molar-refractivity contribution is 5.78. The van der Waals surface area contributed by atoms with Gasteiger partial charge in [-0.2, -0.15) is 0 Å². The van der Waals surface area contributed by atoms with Gasteiger partial charge in [0.1, 0.15) is 0 Å². The maximum Gasteiger partial charge on any atom is 0.317 e. The summed E-state index contributed by atoms with van der Waals surface area (Å²) in [6, 6.07) is 8.14. The van der Waals surface area contributed by atoms with Gasteiger partial charge in [-0.15, -0.1) is 0 Å². The summed E-state index contributed by atoms with van der Waals surface area (Å²) in [5.41, 5.74) is 8.18. The lowest BCUT2D eigenvalue weighted by atomic mass is 10.0. The minimum Gasteiger partial charge on any atom is -0.342 e. The Hall–Kier alpha value is -2.08. The van der Waals surface area contributed by atoms with Gasteiger partial charge in [0, 0.05) is 39.1 Å². The van der Waals surface area contributed by atoms with Crippen LogP contribution in [0.15, 0.2) is 24.3 Å². The molecule has 130 valence electrons. The number of amides is 3. The van der Waals surface area contributed by atoms with Crippen molar-refractivity contribution >= 4 is 11.9 Å². The third-order valence-electron chi connectivity index (χ3n) is 5.00. The second-order valence-corrected chi connectivity index (χ2v) is 6.65. The van der Waals surface area contributed by atoms with E-state index in [2.05, 4.69) is 17.4 Å². The molecule has 0 spiro atoms. The summed E-state index contributed by atoms with van der Waals surface area (Å²) in [5.74, 6) is 0.534. The number of urea groups is 1. The molecule has 1 aromatic carbocycles. The number of benzene rings is 1. The van der Waals surface area contributed by atoms with Crippen LogP contribution in [0.3, 0.4) is 0 Å². The van der Waals surface area contributed by atoms with Crippen molar-refractivity contribution in [3.8, 4) is 0 Å². The first-order chi connectivity index (χ1) is 11.7. The van der Waals surface area contributed by atoms with Crippen molar-refractivity contribution in [2.75, 3.05) is 32.7 Å². The number of nitrogens with two attached hydrogens (primary N) is 1. The number of likely N-dealkylation sites (tertiary alicyclic amines) is 1. The highest BCUT2D eigenvalue weighted by Gasteiger charge is 2.25. The Morgan fingerprint density at radius 1 is 1.17 bits per heavy atom. The number of nitrogens with zero attached hydrogens (tertiary/aromatic N) is 2. The van der Waals surface area contributed by atoms with Crippen LogP contribution in [-0.4, -0.2) is 54.5 Å². The van der Waals surface area contributed by atoms with Crippen LogP contribution < -0.4 is 11.1 Å². The highest BCUT2D eigenvalue weighted by Crippen LogP contribution is 2.18. The van der Waals surface area contributed by atoms with E-state index in [1.54, 1.807) is 0 Å². The molecule has 0 saturated carbocycles. The zero-order valence-electron chi connectivity index (χ0n) is 14.0. The predicted octanol–water partition coefficient (Wildman–Crippen LogP) is 0.952. The Morgan fingerprint density at radius 3 is 2.71 bits per heavy atom. The molecule has 2 aliphatic heterocycles. The van der Waals surface area contributed by atoms with Gasteiger partial charge in [0.05, 0.1) is 0 Å². The fourth-order valence-corrected chi connectivity index (χ4v) is 3.47. The van der Waals surface area contributed by atoms with Crippen molar-refractivity contribution in [2.45, 2.75) is 25.8 Å². The SMILES string of the molecule is NCC1CCN(C(=O)CCNC(=O)N2CCc3ccccc3C2)C1. The summed E-state index contributed by atoms with van der Waals surface area (Å²) < 4.78 is 0. The highest BCUT2D eigenvalue weighted by atomic mass is 16.2. The Kier molecular flexibility index (Phi) is 5.35. The Bertz CT molecular complexity index is 604. The number of carbonyl (C=O) groups excluding carboxylic acids is 2. The lowest BCUT2D eigenvalue weighted by molar-refractivity contribution is -0.130. The number of hydrogen-bond donors (Lipinski definition) is 2. The number of carbonyl (C=O) groups is 2. The zero-order chi connectivity index (χ0) is 16.9. The Balaban J connectivity index is 1.41. The van der Waals surface area contributed by atoms with E-state index in [0.717, 1.165) is 32.5 Å². The standard InChI is InChI=1S/C18H26N4O2/c19-11-14-6-9-21(12-14)17(23)5-8-20-18(24)22-10-7-15-3-1-2-4-16(15)13-22/h1-4,14H,5-13,19H2,(H,20,24). The molecule has 1 atom stereocenters. The van der Waals surface area contributed by atoms with Crippen LogP contribution >= 0.6 is 0 Å². The number of nitrogens with one attached hydrogen (secondary N) is 1. The molecule has 3 amide bonds. The van der Waals surface area contributed by atoms with Crippen LogP contribution in [-0.2, 0) is 17.8 Å². The molecule has 1 unspecified atom stereocenters. The van der Waals surface area contributed by atoms with Gasteiger partial charge in [0.15, 0.2) is 0 Å². The van der Waals surface area contributed by atoms with E-state index >= 15 is 0 Å². The maximum absolute atomic E-state index is 12.3. The van der Waals surface area contributed by atoms with Crippen LogP contribution in [0.25, 0.3) is 0 Å². The molecule has 3 N–H and O–H groups in total. The second-order valence-electron chi connectivity index (χ2n) is 6.65. The van der Waals surface area contributed by atoms with E-state index in [0.29, 0.717) is 32.0 Å². The molecule has 1 saturated heterocycles. The summed E-state index contributed by atoms with van der Waals surface area (Å²) in [4.78, 5) is 28.1. The van der Waals surface area contributed by atoms with Crippen LogP contribution in [0.1, 0.15) is 24.0 Å². The molecule has 1 aromatic rings. The lowest BCUT2D eigenvalue weighted by Gasteiger charge is -2.29. The van der Waals surface area contributed by atoms with Crippen LogP contribution in [0, 0.1) is 5.92 Å². The van der Waals surface area contributed by atoms with Crippen molar-refractivity contribution in [3.05, 3.63) is 35.4 Å². The van der Waals surface area contributed by atoms with Crippen molar-refractivity contribution in [3.63, 3.8) is 0 Å². The molecule has 3 rings (SSSR count). The first kappa shape index (κ1) is 16.8. The molecule has 2 aliphatic rings. The molecule has 2 heterocycles. The first-order valence-corrected chi connectivity index (χ1v) is 8.74. The molecule has 0 aliphatic carbocycles. The van der Waals surface area contributed by atoms with Gasteiger partial charge >= 0.3 is 6.03 Å². The van der Waals surface area contributed by atoms with Crippen molar-refractivity contribution < 1.29 is 9.59 Å². The molecule has 0 bridgehead atoms. The van der Waals surface area contributed by atoms with Gasteiger partial charge in [0.25, 0.3) is 0 Å². The average molecular weight is 330 g/mol. The smallest absolute Gasteiger partial charge is 0.317 e. The maximum atomic E-state index is 12.3. The third kappa shape index (κ3) is 3.87. The fourth-order valence-electron chi connectivity index (χ4n) is 3.47. The number of fused-ring (bicyclic) bond motifs is 1. The lowest BCUT2D eigenvalue weighted by Crippen LogP contribution is -2.43. The zero-order valence-corrected chi connectivity index (χ0v) is 14.0. The van der Waals surface area contributed by atoms with Crippen LogP contribution in [0.2, 0.25) is 0 Å². The number of hydrogen-bond acceptors (Lipinski definition) is 3. The van der Waals surface area contributed by atoms with Crippen molar-refractivity contribution in [1.29, 1.82) is 0 Å². The molecule has 6 heteroatoms. The monoisotopic (exact) mass is 330 g/mol. The van der Waals surface area contributed by atoms with E-state index in [-0.39, 0.29) is 11.9 Å². The Morgan fingerprint density at radius 2 is 1.96 bits per heavy atom. The third-order valence-corrected chi connectivity index (χ3v) is 5.00. The molecular weight excluding hydrogens is 304 g/mol. The molecular formula is C18H26N4O2. The molecule has 0 aromatic heterocycles. The van der Waals surface area contributed by atoms with E-state index in [1.807, 2.05) is 21.9 Å². The summed E-state index contributed by atoms with van der Waals surface area (Å²) in [6.07, 6.45) is 2.23. The Labute approximate surface area is 143 Å². The molecule has 1 fully saturated rings. The summed E-state index contributed by atoms with van der Waals surface area (Å²) in [6.45, 7) is 3.93. The quantitative estimate of drug-likeness (QED) is 0.863. The van der Waals surface area contributed by atoms with E-state index in [4.69, 9.17) is 5.73 Å². The molecule has 24 heavy (non-hydrogen) atoms. The minimum absolute atomic E-state index is 0.0847. The average Bonchev–Trinajstić information content (AvgIpc) is 3.10. The van der Waals surface area contributed by atoms with Gasteiger partial charge in [-0.1, -0.05) is 24.3 Å². The summed E-state index contributed by atoms with van der Waals surface area (Å²) in [5, 5.41) is 2.88. The topological polar surface area (TPSA) is 78.7 Å². The van der Waals surface area contributed by atoms with Crippen LogP contribution in [0.4, 0.5) is 4.79 Å². The molecule has 0 radical (unpaired) electrons. The predicted molar refractivity (Wildman–Crippen MR) is 92.3 cm³/mol.